The zero-order chi connectivity index (χ0) is 11.5. The van der Waals surface area contributed by atoms with Crippen molar-refractivity contribution < 1.29 is 0 Å². The van der Waals surface area contributed by atoms with E-state index in [1.165, 1.54) is 11.1 Å². The highest BCUT2D eigenvalue weighted by Crippen LogP contribution is 2.26. The number of benzene rings is 1. The molecular weight excluding hydrogens is 220 g/mol. The van der Waals surface area contributed by atoms with E-state index >= 15 is 0 Å². The van der Waals surface area contributed by atoms with Gasteiger partial charge in [0.05, 0.1) is 6.33 Å². The topological polar surface area (TPSA) is 17.8 Å². The lowest BCUT2D eigenvalue weighted by atomic mass is 10.00. The van der Waals surface area contributed by atoms with E-state index in [9.17, 15) is 0 Å². The monoisotopic (exact) mass is 234 g/mol. The molecule has 1 unspecified atom stereocenters. The van der Waals surface area contributed by atoms with Crippen molar-refractivity contribution in [2.24, 2.45) is 0 Å². The van der Waals surface area contributed by atoms with Gasteiger partial charge in [0.2, 0.25) is 0 Å². The summed E-state index contributed by atoms with van der Waals surface area (Å²) >= 11 is 6.24. The Labute approximate surface area is 101 Å². The van der Waals surface area contributed by atoms with E-state index in [-0.39, 0.29) is 0 Å². The number of imidazole rings is 1. The normalized spacial score (nSPS) is 12.7. The van der Waals surface area contributed by atoms with E-state index in [1.54, 1.807) is 6.20 Å². The molecule has 0 saturated heterocycles. The van der Waals surface area contributed by atoms with Crippen LogP contribution in [0.4, 0.5) is 0 Å². The summed E-state index contributed by atoms with van der Waals surface area (Å²) in [5.41, 5.74) is 2.39. The van der Waals surface area contributed by atoms with Gasteiger partial charge < -0.3 is 4.57 Å². The van der Waals surface area contributed by atoms with E-state index < -0.39 is 0 Å². The predicted octanol–water partition coefficient (Wildman–Crippen LogP) is 3.65. The molecule has 0 N–H and O–H groups in total. The van der Waals surface area contributed by atoms with Gasteiger partial charge in [-0.3, -0.25) is 0 Å². The van der Waals surface area contributed by atoms with E-state index in [0.29, 0.717) is 5.92 Å². The van der Waals surface area contributed by atoms with Gasteiger partial charge in [0.15, 0.2) is 0 Å². The first-order chi connectivity index (χ1) is 7.66. The molecule has 2 aromatic rings. The fraction of sp³-hybridized carbons (Fsp3) is 0.308. The first-order valence-corrected chi connectivity index (χ1v) is 5.76. The summed E-state index contributed by atoms with van der Waals surface area (Å²) in [5.74, 6) is 0.391. The number of aromatic nitrogens is 2. The van der Waals surface area contributed by atoms with Crippen LogP contribution in [0.5, 0.6) is 0 Å². The number of rotatable bonds is 3. The van der Waals surface area contributed by atoms with Crippen LogP contribution in [-0.4, -0.2) is 9.55 Å². The van der Waals surface area contributed by atoms with Crippen LogP contribution in [0.1, 0.15) is 24.0 Å². The number of hydrogen-bond acceptors (Lipinski definition) is 1. The highest BCUT2D eigenvalue weighted by molar-refractivity contribution is 6.31. The predicted molar refractivity (Wildman–Crippen MR) is 66.8 cm³/mol. The Hall–Kier alpha value is -1.28. The highest BCUT2D eigenvalue weighted by Gasteiger charge is 2.10. The summed E-state index contributed by atoms with van der Waals surface area (Å²) in [4.78, 5) is 4.04. The number of aryl methyl sites for hydroxylation is 1. The Kier molecular flexibility index (Phi) is 3.30. The quantitative estimate of drug-likeness (QED) is 0.793. The smallest absolute Gasteiger partial charge is 0.0946 e. The second-order valence-electron chi connectivity index (χ2n) is 4.19. The second-order valence-corrected chi connectivity index (χ2v) is 4.59. The van der Waals surface area contributed by atoms with Gasteiger partial charge in [-0.2, -0.15) is 0 Å². The van der Waals surface area contributed by atoms with Crippen molar-refractivity contribution in [1.29, 1.82) is 0 Å². The number of halogens is 1. The molecule has 16 heavy (non-hydrogen) atoms. The van der Waals surface area contributed by atoms with Crippen LogP contribution in [0.15, 0.2) is 36.9 Å². The summed E-state index contributed by atoms with van der Waals surface area (Å²) in [6, 6.07) is 6.23. The molecule has 0 amide bonds. The third-order valence-electron chi connectivity index (χ3n) is 2.73. The van der Waals surface area contributed by atoms with Crippen molar-refractivity contribution in [1.82, 2.24) is 9.55 Å². The van der Waals surface area contributed by atoms with Gasteiger partial charge >= 0.3 is 0 Å². The van der Waals surface area contributed by atoms with Gasteiger partial charge in [-0.25, -0.2) is 4.98 Å². The Balaban J connectivity index is 2.17. The first-order valence-electron chi connectivity index (χ1n) is 5.38. The van der Waals surface area contributed by atoms with Crippen molar-refractivity contribution in [3.63, 3.8) is 0 Å². The SMILES string of the molecule is Cc1ccc(C(C)Cn2ccnc2)c(Cl)c1. The second kappa shape index (κ2) is 4.71. The van der Waals surface area contributed by atoms with E-state index in [0.717, 1.165) is 11.6 Å². The van der Waals surface area contributed by atoms with Gasteiger partial charge in [0.1, 0.15) is 0 Å². The molecule has 0 bridgehead atoms. The van der Waals surface area contributed by atoms with Crippen LogP contribution >= 0.6 is 11.6 Å². The van der Waals surface area contributed by atoms with E-state index in [1.807, 2.05) is 18.6 Å². The van der Waals surface area contributed by atoms with Crippen molar-refractivity contribution in [3.8, 4) is 0 Å². The maximum Gasteiger partial charge on any atom is 0.0946 e. The minimum Gasteiger partial charge on any atom is -0.337 e. The third-order valence-corrected chi connectivity index (χ3v) is 3.06. The molecule has 1 aromatic heterocycles. The maximum absolute atomic E-state index is 6.24. The number of nitrogens with zero attached hydrogens (tertiary/aromatic N) is 2. The molecule has 3 heteroatoms. The largest absolute Gasteiger partial charge is 0.337 e. The van der Waals surface area contributed by atoms with Gasteiger partial charge in [-0.1, -0.05) is 30.7 Å². The minimum absolute atomic E-state index is 0.391. The average Bonchev–Trinajstić information content (AvgIpc) is 2.70. The molecular formula is C13H15ClN2. The van der Waals surface area contributed by atoms with Crippen LogP contribution in [0.25, 0.3) is 0 Å². The van der Waals surface area contributed by atoms with Crippen molar-refractivity contribution in [3.05, 3.63) is 53.1 Å². The molecule has 0 fully saturated rings. The molecule has 0 radical (unpaired) electrons. The first kappa shape index (κ1) is 11.2. The molecule has 1 heterocycles. The standard InChI is InChI=1S/C13H15ClN2/c1-10-3-4-12(13(14)7-10)11(2)8-16-6-5-15-9-16/h3-7,9,11H,8H2,1-2H3. The van der Waals surface area contributed by atoms with Gasteiger partial charge in [0, 0.05) is 29.9 Å². The lowest BCUT2D eigenvalue weighted by Gasteiger charge is -2.14. The van der Waals surface area contributed by atoms with E-state index in [4.69, 9.17) is 11.6 Å². The van der Waals surface area contributed by atoms with Crippen molar-refractivity contribution in [2.45, 2.75) is 26.3 Å². The van der Waals surface area contributed by atoms with Gasteiger partial charge in [-0.15, -0.1) is 0 Å². The average molecular weight is 235 g/mol. The fourth-order valence-corrected chi connectivity index (χ4v) is 2.26. The third kappa shape index (κ3) is 2.45. The van der Waals surface area contributed by atoms with Gasteiger partial charge in [0.25, 0.3) is 0 Å². The molecule has 84 valence electrons. The molecule has 1 aromatic carbocycles. The summed E-state index contributed by atoms with van der Waals surface area (Å²) in [6.45, 7) is 5.13. The summed E-state index contributed by atoms with van der Waals surface area (Å²) in [6.07, 6.45) is 5.60. The fourth-order valence-electron chi connectivity index (χ4n) is 1.84. The van der Waals surface area contributed by atoms with Crippen molar-refractivity contribution >= 4 is 11.6 Å². The maximum atomic E-state index is 6.24. The van der Waals surface area contributed by atoms with Crippen LogP contribution < -0.4 is 0 Å². The Morgan fingerprint density at radius 2 is 2.25 bits per heavy atom. The molecule has 0 spiro atoms. The summed E-state index contributed by atoms with van der Waals surface area (Å²) < 4.78 is 2.07. The van der Waals surface area contributed by atoms with E-state index in [2.05, 4.69) is 35.5 Å². The van der Waals surface area contributed by atoms with Crippen LogP contribution in [0.2, 0.25) is 5.02 Å². The van der Waals surface area contributed by atoms with Crippen LogP contribution in [0, 0.1) is 6.92 Å². The lowest BCUT2D eigenvalue weighted by Crippen LogP contribution is -2.05. The summed E-state index contributed by atoms with van der Waals surface area (Å²) in [7, 11) is 0. The minimum atomic E-state index is 0.391. The zero-order valence-electron chi connectivity index (χ0n) is 9.52. The number of hydrogen-bond donors (Lipinski definition) is 0. The van der Waals surface area contributed by atoms with Gasteiger partial charge in [-0.05, 0) is 24.1 Å². The van der Waals surface area contributed by atoms with Crippen molar-refractivity contribution in [2.75, 3.05) is 0 Å². The molecule has 0 aliphatic rings. The van der Waals surface area contributed by atoms with Crippen LogP contribution in [-0.2, 0) is 6.54 Å². The molecule has 0 aliphatic heterocycles. The molecule has 1 atom stereocenters. The Morgan fingerprint density at radius 3 is 2.88 bits per heavy atom. The molecule has 0 saturated carbocycles. The Morgan fingerprint density at radius 1 is 1.44 bits per heavy atom. The molecule has 0 aliphatic carbocycles. The summed E-state index contributed by atoms with van der Waals surface area (Å²) in [5, 5.41) is 0.854. The lowest BCUT2D eigenvalue weighted by molar-refractivity contribution is 0.597. The molecule has 2 rings (SSSR count). The van der Waals surface area contributed by atoms with Crippen LogP contribution in [0.3, 0.4) is 0 Å². The Bertz CT molecular complexity index is 463. The zero-order valence-corrected chi connectivity index (χ0v) is 10.3. The highest BCUT2D eigenvalue weighted by atomic mass is 35.5. The molecule has 2 nitrogen and oxygen atoms in total.